The maximum atomic E-state index is 12.1. The third-order valence-corrected chi connectivity index (χ3v) is 3.52. The summed E-state index contributed by atoms with van der Waals surface area (Å²) >= 11 is 0. The van der Waals surface area contributed by atoms with E-state index in [1.807, 2.05) is 17.0 Å². The van der Waals surface area contributed by atoms with Crippen LogP contribution in [0.4, 0.5) is 0 Å². The Morgan fingerprint density at radius 3 is 2.89 bits per heavy atom. The van der Waals surface area contributed by atoms with E-state index >= 15 is 0 Å². The van der Waals surface area contributed by atoms with Crippen LogP contribution in [0.3, 0.4) is 0 Å². The Morgan fingerprint density at radius 2 is 2.26 bits per heavy atom. The quantitative estimate of drug-likeness (QED) is 0.831. The fourth-order valence-electron chi connectivity index (χ4n) is 2.30. The van der Waals surface area contributed by atoms with Gasteiger partial charge in [-0.2, -0.15) is 0 Å². The minimum absolute atomic E-state index is 0.263. The number of hydrogen-bond acceptors (Lipinski definition) is 4. The molecule has 106 valence electrons. The molecular formula is C14H23N3O2. The summed E-state index contributed by atoms with van der Waals surface area (Å²) in [7, 11) is 0. The van der Waals surface area contributed by atoms with Crippen LogP contribution in [0.5, 0.6) is 0 Å². The van der Waals surface area contributed by atoms with Gasteiger partial charge in [0.15, 0.2) is 0 Å². The van der Waals surface area contributed by atoms with Crippen molar-refractivity contribution in [3.63, 3.8) is 0 Å². The van der Waals surface area contributed by atoms with Crippen LogP contribution in [0, 0.1) is 0 Å². The normalized spacial score (nSPS) is 16.0. The predicted molar refractivity (Wildman–Crippen MR) is 73.7 cm³/mol. The smallest absolute Gasteiger partial charge is 0.223 e. The molecule has 0 radical (unpaired) electrons. The second-order valence-corrected chi connectivity index (χ2v) is 4.83. The molecule has 19 heavy (non-hydrogen) atoms. The Kier molecular flexibility index (Phi) is 5.42. The predicted octanol–water partition coefficient (Wildman–Crippen LogP) is 0.923. The van der Waals surface area contributed by atoms with Crippen molar-refractivity contribution in [2.75, 3.05) is 39.3 Å². The zero-order valence-electron chi connectivity index (χ0n) is 11.6. The summed E-state index contributed by atoms with van der Waals surface area (Å²) in [6.07, 6.45) is 2.28. The molecule has 1 fully saturated rings. The number of amides is 1. The molecule has 0 unspecified atom stereocenters. The zero-order chi connectivity index (χ0) is 13.5. The summed E-state index contributed by atoms with van der Waals surface area (Å²) in [4.78, 5) is 16.3. The van der Waals surface area contributed by atoms with Gasteiger partial charge in [0.25, 0.3) is 0 Å². The molecule has 0 saturated carbocycles. The third kappa shape index (κ3) is 4.36. The maximum Gasteiger partial charge on any atom is 0.223 e. The molecule has 1 saturated heterocycles. The van der Waals surface area contributed by atoms with E-state index in [4.69, 9.17) is 4.42 Å². The van der Waals surface area contributed by atoms with Gasteiger partial charge in [-0.15, -0.1) is 0 Å². The zero-order valence-corrected chi connectivity index (χ0v) is 11.6. The largest absolute Gasteiger partial charge is 0.468 e. The number of furan rings is 1. The molecule has 0 aliphatic carbocycles. The fourth-order valence-corrected chi connectivity index (χ4v) is 2.30. The highest BCUT2D eigenvalue weighted by Gasteiger charge is 2.17. The highest BCUT2D eigenvalue weighted by Crippen LogP contribution is 2.06. The van der Waals surface area contributed by atoms with Gasteiger partial charge >= 0.3 is 0 Å². The maximum absolute atomic E-state index is 12.1. The monoisotopic (exact) mass is 265 g/mol. The molecular weight excluding hydrogens is 242 g/mol. The summed E-state index contributed by atoms with van der Waals surface area (Å²) in [5.41, 5.74) is 0. The van der Waals surface area contributed by atoms with E-state index in [0.717, 1.165) is 51.6 Å². The first-order chi connectivity index (χ1) is 9.29. The van der Waals surface area contributed by atoms with E-state index in [1.165, 1.54) is 0 Å². The van der Waals surface area contributed by atoms with Crippen LogP contribution in [-0.2, 0) is 11.3 Å². The van der Waals surface area contributed by atoms with Crippen molar-refractivity contribution in [3.8, 4) is 0 Å². The van der Waals surface area contributed by atoms with Crippen molar-refractivity contribution in [2.24, 2.45) is 0 Å². The van der Waals surface area contributed by atoms with Gasteiger partial charge in [-0.1, -0.05) is 6.92 Å². The molecule has 1 aromatic rings. The molecule has 1 amide bonds. The standard InChI is InChI=1S/C14H23N3O2/c1-2-16(12-13-4-3-11-19-13)8-5-14(18)17-9-6-15-7-10-17/h3-4,11,15H,2,5-10,12H2,1H3. The Bertz CT molecular complexity index is 372. The van der Waals surface area contributed by atoms with Gasteiger partial charge in [0.1, 0.15) is 5.76 Å². The van der Waals surface area contributed by atoms with E-state index in [-0.39, 0.29) is 5.91 Å². The lowest BCUT2D eigenvalue weighted by Gasteiger charge is -2.28. The van der Waals surface area contributed by atoms with E-state index in [2.05, 4.69) is 17.1 Å². The molecule has 1 aliphatic rings. The van der Waals surface area contributed by atoms with Gasteiger partial charge in [-0.3, -0.25) is 9.69 Å². The number of nitrogens with zero attached hydrogens (tertiary/aromatic N) is 2. The molecule has 5 heteroatoms. The highest BCUT2D eigenvalue weighted by molar-refractivity contribution is 5.76. The molecule has 0 atom stereocenters. The van der Waals surface area contributed by atoms with E-state index in [0.29, 0.717) is 6.42 Å². The van der Waals surface area contributed by atoms with Gasteiger partial charge in [0, 0.05) is 39.1 Å². The molecule has 0 bridgehead atoms. The second-order valence-electron chi connectivity index (χ2n) is 4.83. The molecule has 2 heterocycles. The number of hydrogen-bond donors (Lipinski definition) is 1. The average Bonchev–Trinajstić information content (AvgIpc) is 2.97. The summed E-state index contributed by atoms with van der Waals surface area (Å²) in [5.74, 6) is 1.22. The van der Waals surface area contributed by atoms with Crippen LogP contribution in [0.2, 0.25) is 0 Å². The Hall–Kier alpha value is -1.33. The lowest BCUT2D eigenvalue weighted by Crippen LogP contribution is -2.47. The van der Waals surface area contributed by atoms with Crippen molar-refractivity contribution in [2.45, 2.75) is 19.9 Å². The van der Waals surface area contributed by atoms with Gasteiger partial charge in [0.05, 0.1) is 12.8 Å². The number of carbonyl (C=O) groups is 1. The lowest BCUT2D eigenvalue weighted by atomic mass is 10.2. The first-order valence-electron chi connectivity index (χ1n) is 7.03. The average molecular weight is 265 g/mol. The van der Waals surface area contributed by atoms with E-state index < -0.39 is 0 Å². The molecule has 0 aromatic carbocycles. The molecule has 0 spiro atoms. The lowest BCUT2D eigenvalue weighted by molar-refractivity contribution is -0.132. The third-order valence-electron chi connectivity index (χ3n) is 3.52. The van der Waals surface area contributed by atoms with Gasteiger partial charge in [-0.05, 0) is 18.7 Å². The summed E-state index contributed by atoms with van der Waals surface area (Å²) in [5, 5.41) is 3.26. The topological polar surface area (TPSA) is 48.7 Å². The summed E-state index contributed by atoms with van der Waals surface area (Å²) < 4.78 is 5.34. The number of piperazine rings is 1. The Morgan fingerprint density at radius 1 is 1.47 bits per heavy atom. The van der Waals surface area contributed by atoms with E-state index in [9.17, 15) is 4.79 Å². The molecule has 1 aliphatic heterocycles. The van der Waals surface area contributed by atoms with Gasteiger partial charge in [0.2, 0.25) is 5.91 Å². The van der Waals surface area contributed by atoms with Gasteiger partial charge < -0.3 is 14.6 Å². The van der Waals surface area contributed by atoms with Gasteiger partial charge in [-0.25, -0.2) is 0 Å². The number of nitrogens with one attached hydrogen (secondary N) is 1. The van der Waals surface area contributed by atoms with Crippen LogP contribution in [0.25, 0.3) is 0 Å². The SMILES string of the molecule is CCN(CCC(=O)N1CCNCC1)Cc1ccco1. The first-order valence-corrected chi connectivity index (χ1v) is 7.03. The number of rotatable bonds is 6. The molecule has 5 nitrogen and oxygen atoms in total. The van der Waals surface area contributed by atoms with Crippen LogP contribution in [0.1, 0.15) is 19.1 Å². The van der Waals surface area contributed by atoms with Crippen molar-refractivity contribution in [1.82, 2.24) is 15.1 Å². The van der Waals surface area contributed by atoms with Crippen LogP contribution >= 0.6 is 0 Å². The molecule has 1 aromatic heterocycles. The highest BCUT2D eigenvalue weighted by atomic mass is 16.3. The molecule has 1 N–H and O–H groups in total. The summed E-state index contributed by atoms with van der Waals surface area (Å²) in [6.45, 7) is 8.10. The van der Waals surface area contributed by atoms with Crippen molar-refractivity contribution in [1.29, 1.82) is 0 Å². The van der Waals surface area contributed by atoms with Crippen molar-refractivity contribution < 1.29 is 9.21 Å². The van der Waals surface area contributed by atoms with Crippen molar-refractivity contribution in [3.05, 3.63) is 24.2 Å². The van der Waals surface area contributed by atoms with Crippen LogP contribution < -0.4 is 5.32 Å². The minimum Gasteiger partial charge on any atom is -0.468 e. The number of carbonyl (C=O) groups excluding carboxylic acids is 1. The minimum atomic E-state index is 0.263. The Balaban J connectivity index is 1.74. The second kappa shape index (κ2) is 7.31. The summed E-state index contributed by atoms with van der Waals surface area (Å²) in [6, 6.07) is 3.87. The fraction of sp³-hybridized carbons (Fsp3) is 0.643. The molecule has 2 rings (SSSR count). The van der Waals surface area contributed by atoms with E-state index in [1.54, 1.807) is 6.26 Å². The first kappa shape index (κ1) is 14.1. The van der Waals surface area contributed by atoms with Crippen LogP contribution in [0.15, 0.2) is 22.8 Å². The Labute approximate surface area is 114 Å². The van der Waals surface area contributed by atoms with Crippen molar-refractivity contribution >= 4 is 5.91 Å². The van der Waals surface area contributed by atoms with Crippen LogP contribution in [-0.4, -0.2) is 55.0 Å².